The molecule has 1 unspecified atom stereocenters. The van der Waals surface area contributed by atoms with Crippen molar-refractivity contribution in [3.63, 3.8) is 0 Å². The summed E-state index contributed by atoms with van der Waals surface area (Å²) in [5, 5.41) is 66.5. The Morgan fingerprint density at radius 1 is 0.397 bits per heavy atom. The lowest BCUT2D eigenvalue weighted by Crippen LogP contribution is -2.53. The van der Waals surface area contributed by atoms with E-state index in [0.29, 0.717) is 32.1 Å². The Balaban J connectivity index is 0.812. The molecule has 0 aromatic carbocycles. The number of rotatable bonds is 4. The average Bonchev–Trinajstić information content (AvgIpc) is 3.32. The van der Waals surface area contributed by atoms with Crippen molar-refractivity contribution in [3.8, 4) is 0 Å². The second-order valence-electron chi connectivity index (χ2n) is 19.6. The van der Waals surface area contributed by atoms with Gasteiger partial charge >= 0.3 is 0 Å². The third-order valence-electron chi connectivity index (χ3n) is 14.1. The van der Waals surface area contributed by atoms with Crippen molar-refractivity contribution in [2.45, 2.75) is 219 Å². The summed E-state index contributed by atoms with van der Waals surface area (Å²) >= 11 is 0. The fourth-order valence-electron chi connectivity index (χ4n) is 10.5. The molecule has 24 atom stereocenters. The predicted molar refractivity (Wildman–Crippen MR) is 224 cm³/mol. The SMILES string of the molecule is CCCC(O)[C@@H]1C[C@H]2CO[C@@H]1O[C@@H]1CO[C@H](O[C@H]3CC[C@H](OC3)O[C@@H]3CO[C@H](O[C@@H]4CO[C@H](O[C@@H]5CO[C@H](O[C@@H]6CO[C@H](O[C@@H]7CO[C@H](O2)[C@H](O)C7)[C@H](O)C6)[C@H](O)C5)[C@H](O)C4)[C@H](OC)C3)[C@H](O)C1. The van der Waals surface area contributed by atoms with E-state index < -0.39 is 136 Å². The number of methoxy groups -OCH3 is 1. The van der Waals surface area contributed by atoms with Crippen LogP contribution in [0.4, 0.5) is 0 Å². The maximum atomic E-state index is 11.2. The minimum Gasteiger partial charge on any atom is -0.393 e. The summed E-state index contributed by atoms with van der Waals surface area (Å²) in [5.41, 5.74) is 0. The first-order valence-corrected chi connectivity index (χ1v) is 24.7. The summed E-state index contributed by atoms with van der Waals surface area (Å²) in [7, 11) is 1.57. The smallest absolute Gasteiger partial charge is 0.184 e. The van der Waals surface area contributed by atoms with Crippen LogP contribution in [0.5, 0.6) is 0 Å². The van der Waals surface area contributed by atoms with E-state index >= 15 is 0 Å². The molecule has 30 rings (SSSR count). The van der Waals surface area contributed by atoms with Crippen LogP contribution in [-0.2, 0) is 80.5 Å². The molecule has 0 aromatic rings. The quantitative estimate of drug-likeness (QED) is 0.198. The molecule has 0 radical (unpaired) electrons. The van der Waals surface area contributed by atoms with Crippen molar-refractivity contribution >= 4 is 0 Å². The summed E-state index contributed by atoms with van der Waals surface area (Å²) in [6, 6.07) is 0. The highest BCUT2D eigenvalue weighted by atomic mass is 16.8. The van der Waals surface area contributed by atoms with Gasteiger partial charge in [0, 0.05) is 58.0 Å². The Morgan fingerprint density at radius 3 is 1.12 bits per heavy atom. The molecule has 30 aliphatic heterocycles. The van der Waals surface area contributed by atoms with E-state index in [2.05, 4.69) is 0 Å². The number of aliphatic hydroxyl groups excluding tert-OH is 6. The standard InChI is InChI=1S/C45H74O23/c1-3-4-31(46)30-7-23-15-54-39(30)63-24-8-32(47)40(55-16-24)62-22-5-6-38(53-14-22)61-29-13-37(52-2)45(60-21-29)68-28-12-36(51)44(59-20-28)67-27-11-35(50)43(58-19-27)66-26-10-34(49)42(57-18-26)65-25-9-33(48)41(64-23)56-17-25/h22-51H,3-21H2,1-2H3/t22-,23-,24-,25-,26-,27-,28-,29-,30-,31?,32+,33+,34+,35+,36+,37+,38+,39+,40+,41+,42+,43+,44+,45+/m0/s1. The Bertz CT molecular complexity index is 1510. The summed E-state index contributed by atoms with van der Waals surface area (Å²) in [5.74, 6) is -0.474. The molecule has 30 fully saturated rings. The van der Waals surface area contributed by atoms with Gasteiger partial charge in [-0.15, -0.1) is 0 Å². The zero-order valence-corrected chi connectivity index (χ0v) is 38.9. The highest BCUT2D eigenvalue weighted by molar-refractivity contribution is 4.87. The Labute approximate surface area is 395 Å². The highest BCUT2D eigenvalue weighted by Crippen LogP contribution is 2.35. The van der Waals surface area contributed by atoms with Gasteiger partial charge in [-0.25, -0.2) is 0 Å². The molecule has 23 nitrogen and oxygen atoms in total. The largest absolute Gasteiger partial charge is 0.393 e. The molecule has 392 valence electrons. The first-order valence-electron chi connectivity index (χ1n) is 24.7. The molecule has 16 bridgehead atoms. The van der Waals surface area contributed by atoms with Gasteiger partial charge in [-0.1, -0.05) is 13.3 Å². The molecule has 30 aliphatic rings. The zero-order valence-electron chi connectivity index (χ0n) is 38.9. The van der Waals surface area contributed by atoms with E-state index in [4.69, 9.17) is 80.5 Å². The van der Waals surface area contributed by atoms with Crippen molar-refractivity contribution < 1.29 is 111 Å². The fraction of sp³-hybridized carbons (Fsp3) is 1.00. The molecule has 0 spiro atoms. The summed E-state index contributed by atoms with van der Waals surface area (Å²) in [6.07, 6.45) is -13.4. The number of hydrogen-bond donors (Lipinski definition) is 6. The van der Waals surface area contributed by atoms with E-state index in [9.17, 15) is 30.6 Å². The third-order valence-corrected chi connectivity index (χ3v) is 14.1. The van der Waals surface area contributed by atoms with Crippen molar-refractivity contribution in [1.82, 2.24) is 0 Å². The van der Waals surface area contributed by atoms with Crippen LogP contribution in [0, 0.1) is 5.92 Å². The average molecular weight is 983 g/mol. The minimum atomic E-state index is -1.09. The van der Waals surface area contributed by atoms with E-state index in [0.717, 1.165) is 6.42 Å². The topological polar surface area (TPSA) is 278 Å². The lowest BCUT2D eigenvalue weighted by Gasteiger charge is -2.43. The van der Waals surface area contributed by atoms with Crippen LogP contribution < -0.4 is 0 Å². The Morgan fingerprint density at radius 2 is 0.735 bits per heavy atom. The molecule has 0 amide bonds. The van der Waals surface area contributed by atoms with Gasteiger partial charge < -0.3 is 111 Å². The van der Waals surface area contributed by atoms with Crippen LogP contribution in [0.1, 0.15) is 77.6 Å². The molecule has 6 N–H and O–H groups in total. The van der Waals surface area contributed by atoms with Gasteiger partial charge in [0.2, 0.25) is 0 Å². The predicted octanol–water partition coefficient (Wildman–Crippen LogP) is -0.960. The van der Waals surface area contributed by atoms with E-state index in [1.807, 2.05) is 6.92 Å². The molecular weight excluding hydrogens is 908 g/mol. The maximum absolute atomic E-state index is 11.2. The van der Waals surface area contributed by atoms with Gasteiger partial charge in [0.05, 0.1) is 108 Å². The van der Waals surface area contributed by atoms with Crippen molar-refractivity contribution in [2.24, 2.45) is 5.92 Å². The molecule has 30 heterocycles. The van der Waals surface area contributed by atoms with Crippen LogP contribution >= 0.6 is 0 Å². The first kappa shape index (κ1) is 52.0. The normalized spacial score (nSPS) is 49.9. The minimum absolute atomic E-state index is 0.0450. The van der Waals surface area contributed by atoms with Gasteiger partial charge in [0.15, 0.2) is 50.3 Å². The zero-order chi connectivity index (χ0) is 47.3. The lowest BCUT2D eigenvalue weighted by atomic mass is 9.90. The fourth-order valence-corrected chi connectivity index (χ4v) is 10.5. The second kappa shape index (κ2) is 24.4. The van der Waals surface area contributed by atoms with Gasteiger partial charge in [-0.3, -0.25) is 0 Å². The number of ether oxygens (including phenoxy) is 17. The summed E-state index contributed by atoms with van der Waals surface area (Å²) < 4.78 is 103. The van der Waals surface area contributed by atoms with E-state index in [-0.39, 0.29) is 97.2 Å². The molecular formula is C45H74O23. The molecule has 0 saturated carbocycles. The molecule has 30 saturated heterocycles. The highest BCUT2D eigenvalue weighted by Gasteiger charge is 2.46. The lowest BCUT2D eigenvalue weighted by molar-refractivity contribution is -0.335. The van der Waals surface area contributed by atoms with Crippen molar-refractivity contribution in [2.75, 3.05) is 60.0 Å². The third kappa shape index (κ3) is 13.4. The Kier molecular flexibility index (Phi) is 18.7. The van der Waals surface area contributed by atoms with Crippen LogP contribution in [-0.4, -0.2) is 232 Å². The van der Waals surface area contributed by atoms with E-state index in [1.54, 1.807) is 7.11 Å². The maximum Gasteiger partial charge on any atom is 0.184 e. The van der Waals surface area contributed by atoms with Gasteiger partial charge in [0.25, 0.3) is 0 Å². The van der Waals surface area contributed by atoms with Crippen molar-refractivity contribution in [1.29, 1.82) is 0 Å². The van der Waals surface area contributed by atoms with E-state index in [1.165, 1.54) is 0 Å². The van der Waals surface area contributed by atoms with Crippen LogP contribution in [0.3, 0.4) is 0 Å². The number of hydrogen-bond acceptors (Lipinski definition) is 23. The molecule has 23 heteroatoms. The molecule has 68 heavy (non-hydrogen) atoms. The molecule has 0 aromatic heterocycles. The number of aliphatic hydroxyl groups is 6. The van der Waals surface area contributed by atoms with Crippen LogP contribution in [0.25, 0.3) is 0 Å². The van der Waals surface area contributed by atoms with Crippen LogP contribution in [0.15, 0.2) is 0 Å². The van der Waals surface area contributed by atoms with Gasteiger partial charge in [-0.2, -0.15) is 0 Å². The molecule has 0 aliphatic carbocycles. The van der Waals surface area contributed by atoms with Crippen LogP contribution in [0.2, 0.25) is 0 Å². The Hall–Kier alpha value is -0.920. The summed E-state index contributed by atoms with van der Waals surface area (Å²) in [4.78, 5) is 0. The van der Waals surface area contributed by atoms with Gasteiger partial charge in [-0.05, 0) is 19.3 Å². The van der Waals surface area contributed by atoms with Crippen molar-refractivity contribution in [3.05, 3.63) is 0 Å². The summed E-state index contributed by atoms with van der Waals surface area (Å²) in [6.45, 7) is 2.97. The van der Waals surface area contributed by atoms with Gasteiger partial charge in [0.1, 0.15) is 36.6 Å². The first-order chi connectivity index (χ1) is 33.0. The monoisotopic (exact) mass is 982 g/mol. The second-order valence-corrected chi connectivity index (χ2v) is 19.6.